The van der Waals surface area contributed by atoms with E-state index in [0.29, 0.717) is 28.4 Å². The molecular formula is C41H32ClF11N11O4S+. The summed E-state index contributed by atoms with van der Waals surface area (Å²) in [5.41, 5.74) is -6.90. The number of benzene rings is 2. The lowest BCUT2D eigenvalue weighted by molar-refractivity contribution is -0.754. The average molecular weight is 1020 g/mol. The van der Waals surface area contributed by atoms with Crippen LogP contribution >= 0.6 is 11.6 Å². The van der Waals surface area contributed by atoms with Crippen LogP contribution in [0.25, 0.3) is 39.0 Å². The number of nitrogens with one attached hydrogen (secondary N) is 3. The lowest BCUT2D eigenvalue weighted by Crippen LogP contribution is -2.45. The first kappa shape index (κ1) is 47.4. The van der Waals surface area contributed by atoms with Crippen molar-refractivity contribution in [2.75, 3.05) is 11.0 Å². The van der Waals surface area contributed by atoms with Crippen LogP contribution in [0, 0.1) is 17.6 Å². The topological polar surface area (TPSA) is 178 Å². The normalized spacial score (nSPS) is 17.2. The minimum Gasteiger partial charge on any atom is -0.344 e. The molecule has 5 aromatic heterocycles. The number of halogens is 12. The van der Waals surface area contributed by atoms with Crippen molar-refractivity contribution in [3.63, 3.8) is 0 Å². The van der Waals surface area contributed by atoms with Crippen LogP contribution in [-0.2, 0) is 53.5 Å². The van der Waals surface area contributed by atoms with Gasteiger partial charge in [-0.3, -0.25) is 28.2 Å². The number of aromatic nitrogens is 9. The predicted octanol–water partition coefficient (Wildman–Crippen LogP) is 7.37. The summed E-state index contributed by atoms with van der Waals surface area (Å²) in [6, 6.07) is 5.40. The maximum absolute atomic E-state index is 15.6. The first-order valence-electron chi connectivity index (χ1n) is 20.3. The SMILES string of the molecule is Cn1nc(NS(C)(=O)=O)c2c(Cl)ccc(-n3c([C@H](Cc4cc(F)cc(F)c4)NC(=O)Cn4nc(C(F)F)c5c4C(F)(F)[C@@H]4C[C@H]54)nc4nc(-c5cc(C(F)(F)F)[nH][n+]5CC(C)(F)F)ccc4c3=O)c21. The lowest BCUT2D eigenvalue weighted by Gasteiger charge is -2.24. The summed E-state index contributed by atoms with van der Waals surface area (Å²) < 4.78 is 189. The molecule has 69 heavy (non-hydrogen) atoms. The van der Waals surface area contributed by atoms with Gasteiger partial charge < -0.3 is 5.32 Å². The van der Waals surface area contributed by atoms with E-state index in [1.807, 2.05) is 5.10 Å². The summed E-state index contributed by atoms with van der Waals surface area (Å²) in [6.07, 6.45) is -8.35. The maximum Gasteiger partial charge on any atom is 0.436 e. The highest BCUT2D eigenvalue weighted by atomic mass is 35.5. The number of amides is 1. The zero-order chi connectivity index (χ0) is 50.0. The van der Waals surface area contributed by atoms with E-state index in [2.05, 4.69) is 30.2 Å². The first-order chi connectivity index (χ1) is 32.1. The van der Waals surface area contributed by atoms with Crippen molar-refractivity contribution in [3.8, 4) is 17.1 Å². The molecule has 3 atom stereocenters. The molecule has 15 nitrogen and oxygen atoms in total. The highest BCUT2D eigenvalue weighted by molar-refractivity contribution is 7.92. The molecule has 0 aliphatic heterocycles. The molecule has 0 bridgehead atoms. The van der Waals surface area contributed by atoms with Crippen molar-refractivity contribution in [2.24, 2.45) is 13.0 Å². The highest BCUT2D eigenvalue weighted by Gasteiger charge is 2.67. The van der Waals surface area contributed by atoms with E-state index < -0.39 is 146 Å². The number of H-pyrrole nitrogens is 1. The number of fused-ring (bicyclic) bond motifs is 5. The third kappa shape index (κ3) is 8.73. The van der Waals surface area contributed by atoms with Crippen LogP contribution in [0.5, 0.6) is 0 Å². The first-order valence-corrected chi connectivity index (χ1v) is 22.5. The average Bonchev–Trinajstić information content (AvgIpc) is 3.46. The molecule has 0 radical (unpaired) electrons. The molecule has 1 saturated carbocycles. The number of alkyl halides is 9. The zero-order valence-electron chi connectivity index (χ0n) is 35.4. The Morgan fingerprint density at radius 3 is 2.36 bits per heavy atom. The van der Waals surface area contributed by atoms with Crippen LogP contribution in [-0.4, -0.2) is 65.7 Å². The number of pyridine rings is 1. The Morgan fingerprint density at radius 1 is 1.03 bits per heavy atom. The number of nitrogens with zero attached hydrogens (tertiary/aromatic N) is 8. The van der Waals surface area contributed by atoms with Gasteiger partial charge in [0.2, 0.25) is 22.5 Å². The summed E-state index contributed by atoms with van der Waals surface area (Å²) >= 11 is 6.58. The summed E-state index contributed by atoms with van der Waals surface area (Å²) in [6.45, 7) is -2.01. The molecule has 28 heteroatoms. The van der Waals surface area contributed by atoms with E-state index in [-0.39, 0.29) is 39.4 Å². The van der Waals surface area contributed by atoms with Gasteiger partial charge in [-0.2, -0.15) is 46.0 Å². The van der Waals surface area contributed by atoms with Gasteiger partial charge in [0.15, 0.2) is 17.2 Å². The number of carbonyl (C=O) groups excluding carboxylic acids is 1. The van der Waals surface area contributed by atoms with Gasteiger partial charge >= 0.3 is 12.1 Å². The smallest absolute Gasteiger partial charge is 0.344 e. The summed E-state index contributed by atoms with van der Waals surface area (Å²) in [5.74, 6) is -13.9. The maximum atomic E-state index is 15.6. The zero-order valence-corrected chi connectivity index (χ0v) is 37.0. The van der Waals surface area contributed by atoms with Crippen molar-refractivity contribution in [2.45, 2.75) is 69.3 Å². The molecule has 2 aliphatic carbocycles. The quantitative estimate of drug-likeness (QED) is 0.0792. The number of anilines is 1. The third-order valence-corrected chi connectivity index (χ3v) is 12.4. The number of rotatable bonds is 13. The molecule has 0 saturated heterocycles. The Kier molecular flexibility index (Phi) is 11.2. The minimum absolute atomic E-state index is 0.0782. The Balaban J connectivity index is 1.28. The summed E-state index contributed by atoms with van der Waals surface area (Å²) in [5, 5.41) is 11.6. The van der Waals surface area contributed by atoms with Gasteiger partial charge in [-0.05, 0) is 54.3 Å². The Morgan fingerprint density at radius 2 is 1.72 bits per heavy atom. The number of carbonyl (C=O) groups is 1. The lowest BCUT2D eigenvalue weighted by atomic mass is 10.0. The molecule has 2 aliphatic rings. The second kappa shape index (κ2) is 16.2. The Labute approximate surface area is 384 Å². The van der Waals surface area contributed by atoms with Crippen molar-refractivity contribution in [1.82, 2.24) is 44.5 Å². The van der Waals surface area contributed by atoms with E-state index in [1.165, 1.54) is 19.2 Å². The van der Waals surface area contributed by atoms with E-state index in [4.69, 9.17) is 11.6 Å². The van der Waals surface area contributed by atoms with Crippen LogP contribution < -0.4 is 20.3 Å². The number of hydrogen-bond acceptors (Lipinski definition) is 8. The summed E-state index contributed by atoms with van der Waals surface area (Å²) in [7, 11) is -2.71. The van der Waals surface area contributed by atoms with Crippen LogP contribution in [0.2, 0.25) is 5.02 Å². The molecule has 0 spiro atoms. The van der Waals surface area contributed by atoms with Gasteiger partial charge in [-0.1, -0.05) is 11.6 Å². The standard InChI is InChI=1S/C41H31ClF11N11O4S/c1-39(47,48)15-63-26(13-27(57-63)41(51,52)53)23-6-4-19-35(55-23)56-37(64(38(19)66)25-7-5-22(42)30-32(25)61(2)59-36(30)60-69(3,67)68)24(10-16-8-17(43)11-18(44)9-16)54-28(65)14-62-33-29(31(58-62)34(45)46)20-12-21(20)40(33,49)50/h4-9,11,13,20-21,24,34H,10,12,14-15H2,1-3H3,(H2,54,59,60,65)/p+1/t20-,21+,24-/m0/s1. The van der Waals surface area contributed by atoms with Gasteiger partial charge in [0.05, 0.1) is 39.3 Å². The molecule has 1 amide bonds. The fourth-order valence-electron chi connectivity index (χ4n) is 8.82. The Bertz CT molecular complexity index is 3440. The molecule has 364 valence electrons. The fourth-order valence-corrected chi connectivity index (χ4v) is 9.55. The number of sulfonamides is 1. The number of aromatic amines is 1. The van der Waals surface area contributed by atoms with Crippen molar-refractivity contribution >= 4 is 55.3 Å². The summed E-state index contributed by atoms with van der Waals surface area (Å²) in [4.78, 5) is 38.1. The van der Waals surface area contributed by atoms with Crippen molar-refractivity contribution in [1.29, 1.82) is 0 Å². The van der Waals surface area contributed by atoms with Crippen LogP contribution in [0.4, 0.5) is 54.1 Å². The van der Waals surface area contributed by atoms with Crippen LogP contribution in [0.15, 0.2) is 53.3 Å². The molecule has 5 heterocycles. The monoisotopic (exact) mass is 1020 g/mol. The second-order valence-corrected chi connectivity index (χ2v) is 19.0. The van der Waals surface area contributed by atoms with Crippen molar-refractivity contribution < 1.29 is 66.2 Å². The van der Waals surface area contributed by atoms with Crippen molar-refractivity contribution in [3.05, 3.63) is 110 Å². The van der Waals surface area contributed by atoms with Crippen LogP contribution in [0.1, 0.15) is 65.8 Å². The van der Waals surface area contributed by atoms with Gasteiger partial charge in [-0.15, -0.1) is 4.68 Å². The number of hydrogen-bond donors (Lipinski definition) is 3. The van der Waals surface area contributed by atoms with Gasteiger partial charge in [-0.25, -0.2) is 35.9 Å². The van der Waals surface area contributed by atoms with E-state index in [0.717, 1.165) is 39.8 Å². The fraction of sp³-hybridized carbons (Fsp3) is 0.341. The molecular weight excluding hydrogens is 987 g/mol. The minimum atomic E-state index is -5.07. The van der Waals surface area contributed by atoms with Crippen LogP contribution in [0.3, 0.4) is 0 Å². The highest BCUT2D eigenvalue weighted by Crippen LogP contribution is 2.68. The van der Waals surface area contributed by atoms with Gasteiger partial charge in [0.1, 0.15) is 41.1 Å². The van der Waals surface area contributed by atoms with E-state index in [1.54, 1.807) is 0 Å². The van der Waals surface area contributed by atoms with E-state index in [9.17, 15) is 52.7 Å². The molecule has 2 aromatic carbocycles. The van der Waals surface area contributed by atoms with Gasteiger partial charge in [0, 0.05) is 44.0 Å². The van der Waals surface area contributed by atoms with E-state index >= 15 is 13.6 Å². The number of aryl methyl sites for hydroxylation is 1. The molecule has 1 fully saturated rings. The third-order valence-electron chi connectivity index (χ3n) is 11.5. The predicted molar refractivity (Wildman–Crippen MR) is 221 cm³/mol. The van der Waals surface area contributed by atoms with Gasteiger partial charge in [0.25, 0.3) is 23.6 Å². The molecule has 3 N–H and O–H groups in total. The largest absolute Gasteiger partial charge is 0.436 e. The Hall–Kier alpha value is -6.64. The molecule has 0 unspecified atom stereocenters. The second-order valence-electron chi connectivity index (χ2n) is 16.8. The molecule has 9 rings (SSSR count). The molecule has 7 aromatic rings.